The summed E-state index contributed by atoms with van der Waals surface area (Å²) in [6, 6.07) is 3.72. The van der Waals surface area contributed by atoms with Gasteiger partial charge in [0, 0.05) is 20.0 Å². The van der Waals surface area contributed by atoms with Gasteiger partial charge in [-0.05, 0) is 25.0 Å². The van der Waals surface area contributed by atoms with Crippen LogP contribution in [0.5, 0.6) is 0 Å². The van der Waals surface area contributed by atoms with Crippen LogP contribution in [-0.2, 0) is 4.79 Å². The summed E-state index contributed by atoms with van der Waals surface area (Å²) in [5.41, 5.74) is 0. The maximum atomic E-state index is 10.9. The van der Waals surface area contributed by atoms with E-state index in [0.29, 0.717) is 5.82 Å². The number of amides is 1. The Labute approximate surface area is 101 Å². The van der Waals surface area contributed by atoms with Crippen molar-refractivity contribution in [3.8, 4) is 0 Å². The Balaban J connectivity index is 2.03. The predicted molar refractivity (Wildman–Crippen MR) is 67.0 cm³/mol. The minimum atomic E-state index is -0.123. The van der Waals surface area contributed by atoms with E-state index in [2.05, 4.69) is 20.4 Å². The topological polar surface area (TPSA) is 58.1 Å². The average molecular weight is 234 g/mol. The second-order valence-corrected chi connectivity index (χ2v) is 4.36. The fourth-order valence-corrected chi connectivity index (χ4v) is 2.04. The number of anilines is 2. The van der Waals surface area contributed by atoms with Crippen molar-refractivity contribution in [1.82, 2.24) is 10.2 Å². The molecule has 0 aliphatic carbocycles. The molecular formula is C12H18N4O. The normalized spacial score (nSPS) is 16.4. The third-order valence-corrected chi connectivity index (χ3v) is 2.88. The molecule has 5 heteroatoms. The van der Waals surface area contributed by atoms with Crippen molar-refractivity contribution in [1.29, 1.82) is 0 Å². The molecule has 92 valence electrons. The molecule has 2 heterocycles. The monoisotopic (exact) mass is 234 g/mol. The lowest BCUT2D eigenvalue weighted by Crippen LogP contribution is -2.25. The molecule has 0 radical (unpaired) electrons. The molecule has 1 aliphatic rings. The number of carbonyl (C=O) groups excluding carboxylic acids is 1. The highest BCUT2D eigenvalue weighted by Gasteiger charge is 2.11. The highest BCUT2D eigenvalue weighted by Crippen LogP contribution is 2.17. The Morgan fingerprint density at radius 1 is 1.18 bits per heavy atom. The quantitative estimate of drug-likeness (QED) is 0.848. The van der Waals surface area contributed by atoms with Gasteiger partial charge in [0.1, 0.15) is 0 Å². The van der Waals surface area contributed by atoms with Crippen molar-refractivity contribution in [2.45, 2.75) is 32.6 Å². The van der Waals surface area contributed by atoms with Crippen LogP contribution in [-0.4, -0.2) is 29.2 Å². The Morgan fingerprint density at radius 3 is 2.41 bits per heavy atom. The zero-order chi connectivity index (χ0) is 12.1. The average Bonchev–Trinajstić information content (AvgIpc) is 2.58. The van der Waals surface area contributed by atoms with Crippen molar-refractivity contribution in [2.75, 3.05) is 23.3 Å². The van der Waals surface area contributed by atoms with Crippen LogP contribution >= 0.6 is 0 Å². The lowest BCUT2D eigenvalue weighted by Gasteiger charge is -2.20. The first-order valence-corrected chi connectivity index (χ1v) is 6.12. The van der Waals surface area contributed by atoms with E-state index in [1.165, 1.54) is 32.6 Å². The minimum absolute atomic E-state index is 0.123. The summed E-state index contributed by atoms with van der Waals surface area (Å²) >= 11 is 0. The zero-order valence-corrected chi connectivity index (χ0v) is 10.1. The summed E-state index contributed by atoms with van der Waals surface area (Å²) in [7, 11) is 0. The van der Waals surface area contributed by atoms with Crippen LogP contribution in [0.15, 0.2) is 12.1 Å². The van der Waals surface area contributed by atoms with Crippen LogP contribution in [0.3, 0.4) is 0 Å². The standard InChI is InChI=1S/C12H18N4O/c1-10(17)13-11-6-7-12(15-14-11)16-8-4-2-3-5-9-16/h6-7H,2-5,8-9H2,1H3,(H,13,14,17). The van der Waals surface area contributed by atoms with Gasteiger partial charge in [0.05, 0.1) is 0 Å². The van der Waals surface area contributed by atoms with Gasteiger partial charge in [0.15, 0.2) is 11.6 Å². The molecule has 0 saturated carbocycles. The number of aromatic nitrogens is 2. The molecule has 2 rings (SSSR count). The molecule has 1 aliphatic heterocycles. The summed E-state index contributed by atoms with van der Waals surface area (Å²) < 4.78 is 0. The lowest BCUT2D eigenvalue weighted by atomic mass is 10.2. The van der Waals surface area contributed by atoms with Gasteiger partial charge in [-0.1, -0.05) is 12.8 Å². The van der Waals surface area contributed by atoms with Crippen LogP contribution in [0.2, 0.25) is 0 Å². The fraction of sp³-hybridized carbons (Fsp3) is 0.583. The van der Waals surface area contributed by atoms with Gasteiger partial charge < -0.3 is 10.2 Å². The van der Waals surface area contributed by atoms with E-state index in [1.54, 1.807) is 6.07 Å². The van der Waals surface area contributed by atoms with Gasteiger partial charge in [-0.25, -0.2) is 0 Å². The number of nitrogens with zero attached hydrogens (tertiary/aromatic N) is 3. The third kappa shape index (κ3) is 3.41. The van der Waals surface area contributed by atoms with E-state index in [9.17, 15) is 4.79 Å². The minimum Gasteiger partial charge on any atom is -0.355 e. The first-order chi connectivity index (χ1) is 8.25. The molecule has 1 aromatic rings. The van der Waals surface area contributed by atoms with Gasteiger partial charge >= 0.3 is 0 Å². The van der Waals surface area contributed by atoms with Gasteiger partial charge in [-0.3, -0.25) is 4.79 Å². The molecule has 1 aromatic heterocycles. The van der Waals surface area contributed by atoms with E-state index >= 15 is 0 Å². The smallest absolute Gasteiger partial charge is 0.222 e. The second kappa shape index (κ2) is 5.61. The molecule has 0 bridgehead atoms. The molecular weight excluding hydrogens is 216 g/mol. The predicted octanol–water partition coefficient (Wildman–Crippen LogP) is 1.82. The van der Waals surface area contributed by atoms with Gasteiger partial charge in [0.2, 0.25) is 5.91 Å². The van der Waals surface area contributed by atoms with Crippen LogP contribution in [0.4, 0.5) is 11.6 Å². The SMILES string of the molecule is CC(=O)Nc1ccc(N2CCCCCC2)nn1. The van der Waals surface area contributed by atoms with Crippen molar-refractivity contribution in [2.24, 2.45) is 0 Å². The van der Waals surface area contributed by atoms with Gasteiger partial charge in [0.25, 0.3) is 0 Å². The summed E-state index contributed by atoms with van der Waals surface area (Å²) in [5, 5.41) is 10.8. The Morgan fingerprint density at radius 2 is 1.88 bits per heavy atom. The van der Waals surface area contributed by atoms with Crippen molar-refractivity contribution in [3.05, 3.63) is 12.1 Å². The molecule has 1 fully saturated rings. The second-order valence-electron chi connectivity index (χ2n) is 4.36. The van der Waals surface area contributed by atoms with E-state index in [4.69, 9.17) is 0 Å². The first kappa shape index (κ1) is 11.8. The van der Waals surface area contributed by atoms with Crippen molar-refractivity contribution >= 4 is 17.5 Å². The largest absolute Gasteiger partial charge is 0.355 e. The molecule has 17 heavy (non-hydrogen) atoms. The molecule has 1 saturated heterocycles. The summed E-state index contributed by atoms with van der Waals surface area (Å²) in [6.07, 6.45) is 5.03. The molecule has 0 spiro atoms. The molecule has 0 unspecified atom stereocenters. The van der Waals surface area contributed by atoms with Crippen LogP contribution in [0, 0.1) is 0 Å². The van der Waals surface area contributed by atoms with E-state index in [1.807, 2.05) is 6.07 Å². The van der Waals surface area contributed by atoms with Crippen LogP contribution in [0.1, 0.15) is 32.6 Å². The van der Waals surface area contributed by atoms with Crippen molar-refractivity contribution in [3.63, 3.8) is 0 Å². The number of hydrogen-bond acceptors (Lipinski definition) is 4. The highest BCUT2D eigenvalue weighted by molar-refractivity contribution is 5.87. The summed E-state index contributed by atoms with van der Waals surface area (Å²) in [4.78, 5) is 13.1. The zero-order valence-electron chi connectivity index (χ0n) is 10.1. The molecule has 0 aromatic carbocycles. The highest BCUT2D eigenvalue weighted by atomic mass is 16.1. The number of nitrogens with one attached hydrogen (secondary N) is 1. The Bertz CT molecular complexity index is 369. The van der Waals surface area contributed by atoms with Gasteiger partial charge in [-0.15, -0.1) is 10.2 Å². The Hall–Kier alpha value is -1.65. The molecule has 1 amide bonds. The first-order valence-electron chi connectivity index (χ1n) is 6.12. The number of hydrogen-bond donors (Lipinski definition) is 1. The fourth-order valence-electron chi connectivity index (χ4n) is 2.04. The third-order valence-electron chi connectivity index (χ3n) is 2.88. The van der Waals surface area contributed by atoms with Gasteiger partial charge in [-0.2, -0.15) is 0 Å². The molecule has 1 N–H and O–H groups in total. The molecule has 0 atom stereocenters. The Kier molecular flexibility index (Phi) is 3.90. The van der Waals surface area contributed by atoms with E-state index < -0.39 is 0 Å². The van der Waals surface area contributed by atoms with E-state index in [-0.39, 0.29) is 5.91 Å². The van der Waals surface area contributed by atoms with E-state index in [0.717, 1.165) is 18.9 Å². The van der Waals surface area contributed by atoms with Crippen LogP contribution in [0.25, 0.3) is 0 Å². The maximum Gasteiger partial charge on any atom is 0.222 e. The van der Waals surface area contributed by atoms with Crippen LogP contribution < -0.4 is 10.2 Å². The number of rotatable bonds is 2. The lowest BCUT2D eigenvalue weighted by molar-refractivity contribution is -0.114. The van der Waals surface area contributed by atoms with Crippen molar-refractivity contribution < 1.29 is 4.79 Å². The summed E-state index contributed by atoms with van der Waals surface area (Å²) in [6.45, 7) is 3.56. The number of carbonyl (C=O) groups is 1. The summed E-state index contributed by atoms with van der Waals surface area (Å²) in [5.74, 6) is 1.29. The molecule has 5 nitrogen and oxygen atoms in total. The maximum absolute atomic E-state index is 10.9.